The standard InChI is InChI=1S/C14H8O3S/c15-13-8-4-1-2-5-9(8)14(16)12-10(13)6-3-7-11(12)18-17/h1-7,17H. The van der Waals surface area contributed by atoms with E-state index in [1.165, 1.54) is 0 Å². The lowest BCUT2D eigenvalue weighted by molar-refractivity contribution is 0.0977. The average molecular weight is 256 g/mol. The summed E-state index contributed by atoms with van der Waals surface area (Å²) in [7, 11) is 0. The fourth-order valence-electron chi connectivity index (χ4n) is 2.19. The van der Waals surface area contributed by atoms with Crippen LogP contribution in [0.1, 0.15) is 31.8 Å². The number of carbonyl (C=O) groups is 2. The fraction of sp³-hybridized carbons (Fsp3) is 0. The monoisotopic (exact) mass is 256 g/mol. The quantitative estimate of drug-likeness (QED) is 0.680. The van der Waals surface area contributed by atoms with Crippen LogP contribution in [0.25, 0.3) is 0 Å². The molecule has 0 aliphatic heterocycles. The minimum Gasteiger partial charge on any atom is -0.325 e. The summed E-state index contributed by atoms with van der Waals surface area (Å²) in [5.41, 5.74) is 1.48. The molecule has 3 rings (SSSR count). The molecule has 2 aromatic carbocycles. The molecular weight excluding hydrogens is 248 g/mol. The van der Waals surface area contributed by atoms with Gasteiger partial charge in [0.2, 0.25) is 0 Å². The summed E-state index contributed by atoms with van der Waals surface area (Å²) in [5, 5.41) is 0. The van der Waals surface area contributed by atoms with Gasteiger partial charge in [0.05, 0.1) is 0 Å². The zero-order valence-corrected chi connectivity index (χ0v) is 10.0. The number of ketones is 2. The molecule has 4 heteroatoms. The SMILES string of the molecule is O=C1c2ccccc2C(=O)c2c(SO)cccc21. The summed E-state index contributed by atoms with van der Waals surface area (Å²) in [6, 6.07) is 11.7. The van der Waals surface area contributed by atoms with Gasteiger partial charge in [-0.05, 0) is 6.07 Å². The first-order valence-electron chi connectivity index (χ1n) is 5.37. The molecule has 0 radical (unpaired) electrons. The van der Waals surface area contributed by atoms with E-state index >= 15 is 0 Å². The molecule has 0 fully saturated rings. The van der Waals surface area contributed by atoms with Gasteiger partial charge in [-0.3, -0.25) is 9.59 Å². The van der Waals surface area contributed by atoms with E-state index in [4.69, 9.17) is 0 Å². The van der Waals surface area contributed by atoms with E-state index in [0.717, 1.165) is 0 Å². The normalized spacial score (nSPS) is 13.2. The lowest BCUT2D eigenvalue weighted by Crippen LogP contribution is -2.21. The van der Waals surface area contributed by atoms with Crippen LogP contribution in [0.2, 0.25) is 0 Å². The molecule has 3 nitrogen and oxygen atoms in total. The van der Waals surface area contributed by atoms with Crippen LogP contribution in [0.5, 0.6) is 0 Å². The second-order valence-corrected chi connectivity index (χ2v) is 4.60. The average Bonchev–Trinajstić information content (AvgIpc) is 2.44. The molecule has 1 aliphatic carbocycles. The van der Waals surface area contributed by atoms with Crippen molar-refractivity contribution in [3.8, 4) is 0 Å². The van der Waals surface area contributed by atoms with Crippen LogP contribution in [0.15, 0.2) is 47.4 Å². The summed E-state index contributed by atoms with van der Waals surface area (Å²) >= 11 is 0.491. The van der Waals surface area contributed by atoms with Crippen molar-refractivity contribution < 1.29 is 14.1 Å². The first kappa shape index (κ1) is 11.2. The minimum absolute atomic E-state index is 0.170. The van der Waals surface area contributed by atoms with Crippen LogP contribution in [-0.2, 0) is 0 Å². The molecule has 1 aliphatic rings. The maximum atomic E-state index is 12.4. The van der Waals surface area contributed by atoms with Gasteiger partial charge in [0, 0.05) is 39.2 Å². The Kier molecular flexibility index (Phi) is 2.54. The van der Waals surface area contributed by atoms with E-state index in [9.17, 15) is 14.1 Å². The Bertz CT molecular complexity index is 676. The Balaban J connectivity index is 2.34. The van der Waals surface area contributed by atoms with Crippen molar-refractivity contribution >= 4 is 23.6 Å². The van der Waals surface area contributed by atoms with Crippen molar-refractivity contribution in [3.05, 3.63) is 64.7 Å². The second kappa shape index (κ2) is 4.08. The largest absolute Gasteiger partial charge is 0.325 e. The van der Waals surface area contributed by atoms with Crippen LogP contribution >= 0.6 is 12.0 Å². The van der Waals surface area contributed by atoms with Crippen LogP contribution in [0.4, 0.5) is 0 Å². The van der Waals surface area contributed by atoms with Crippen LogP contribution in [0.3, 0.4) is 0 Å². The molecule has 0 bridgehead atoms. The van der Waals surface area contributed by atoms with E-state index < -0.39 is 0 Å². The van der Waals surface area contributed by atoms with E-state index in [2.05, 4.69) is 0 Å². The van der Waals surface area contributed by atoms with Crippen molar-refractivity contribution in [2.75, 3.05) is 0 Å². The highest BCUT2D eigenvalue weighted by molar-refractivity contribution is 7.93. The van der Waals surface area contributed by atoms with Gasteiger partial charge in [-0.1, -0.05) is 36.4 Å². The number of benzene rings is 2. The topological polar surface area (TPSA) is 54.4 Å². The Hall–Kier alpha value is -1.91. The molecule has 2 aromatic rings. The van der Waals surface area contributed by atoms with Crippen LogP contribution < -0.4 is 0 Å². The van der Waals surface area contributed by atoms with Gasteiger partial charge in [-0.15, -0.1) is 0 Å². The van der Waals surface area contributed by atoms with Crippen molar-refractivity contribution in [1.82, 2.24) is 0 Å². The van der Waals surface area contributed by atoms with Crippen LogP contribution in [0, 0.1) is 0 Å². The third-order valence-electron chi connectivity index (χ3n) is 3.01. The van der Waals surface area contributed by atoms with Crippen molar-refractivity contribution in [3.63, 3.8) is 0 Å². The number of hydrogen-bond acceptors (Lipinski definition) is 4. The van der Waals surface area contributed by atoms with E-state index in [1.807, 2.05) is 0 Å². The van der Waals surface area contributed by atoms with Crippen molar-refractivity contribution in [2.24, 2.45) is 0 Å². The molecule has 0 aromatic heterocycles. The first-order chi connectivity index (χ1) is 8.74. The number of rotatable bonds is 1. The summed E-state index contributed by atoms with van der Waals surface area (Å²) in [4.78, 5) is 25.1. The predicted octanol–water partition coefficient (Wildman–Crippen LogP) is 3.03. The van der Waals surface area contributed by atoms with Crippen molar-refractivity contribution in [2.45, 2.75) is 4.90 Å². The summed E-state index contributed by atoms with van der Waals surface area (Å²) < 4.78 is 9.20. The van der Waals surface area contributed by atoms with Gasteiger partial charge < -0.3 is 4.55 Å². The maximum absolute atomic E-state index is 12.4. The number of fused-ring (bicyclic) bond motifs is 2. The molecule has 0 unspecified atom stereocenters. The Morgan fingerprint density at radius 1 is 0.778 bits per heavy atom. The molecule has 18 heavy (non-hydrogen) atoms. The Labute approximate surface area is 108 Å². The van der Waals surface area contributed by atoms with Gasteiger partial charge >= 0.3 is 0 Å². The van der Waals surface area contributed by atoms with Gasteiger partial charge in [-0.25, -0.2) is 0 Å². The third-order valence-corrected chi connectivity index (χ3v) is 3.55. The number of carbonyl (C=O) groups excluding carboxylic acids is 2. The molecule has 0 spiro atoms. The minimum atomic E-state index is -0.211. The molecule has 0 atom stereocenters. The highest BCUT2D eigenvalue weighted by Gasteiger charge is 2.31. The summed E-state index contributed by atoms with van der Waals surface area (Å²) in [6.07, 6.45) is 0. The first-order valence-corrected chi connectivity index (χ1v) is 6.14. The second-order valence-electron chi connectivity index (χ2n) is 3.97. The van der Waals surface area contributed by atoms with Crippen molar-refractivity contribution in [1.29, 1.82) is 0 Å². The highest BCUT2D eigenvalue weighted by atomic mass is 32.2. The molecule has 88 valence electrons. The lowest BCUT2D eigenvalue weighted by atomic mass is 9.84. The lowest BCUT2D eigenvalue weighted by Gasteiger charge is -2.18. The van der Waals surface area contributed by atoms with Gasteiger partial charge in [0.15, 0.2) is 11.6 Å². The zero-order valence-electron chi connectivity index (χ0n) is 9.21. The molecule has 0 heterocycles. The molecule has 0 saturated carbocycles. The summed E-state index contributed by atoms with van der Waals surface area (Å²) in [5.74, 6) is -0.381. The van der Waals surface area contributed by atoms with E-state index in [1.54, 1.807) is 42.5 Å². The smallest absolute Gasteiger partial charge is 0.195 e. The van der Waals surface area contributed by atoms with Gasteiger partial charge in [0.1, 0.15) is 0 Å². The Morgan fingerprint density at radius 2 is 1.39 bits per heavy atom. The maximum Gasteiger partial charge on any atom is 0.195 e. The Morgan fingerprint density at radius 3 is 2.06 bits per heavy atom. The van der Waals surface area contributed by atoms with E-state index in [0.29, 0.717) is 39.2 Å². The molecule has 1 N–H and O–H groups in total. The van der Waals surface area contributed by atoms with Gasteiger partial charge in [0.25, 0.3) is 0 Å². The van der Waals surface area contributed by atoms with E-state index in [-0.39, 0.29) is 11.6 Å². The molecular formula is C14H8O3S. The third kappa shape index (κ3) is 1.43. The molecule has 0 saturated heterocycles. The highest BCUT2D eigenvalue weighted by Crippen LogP contribution is 2.32. The molecule has 0 amide bonds. The van der Waals surface area contributed by atoms with Gasteiger partial charge in [-0.2, -0.15) is 0 Å². The number of hydrogen-bond donors (Lipinski definition) is 1. The fourth-order valence-corrected chi connectivity index (χ4v) is 2.62. The predicted molar refractivity (Wildman–Crippen MR) is 68.2 cm³/mol. The van der Waals surface area contributed by atoms with Crippen LogP contribution in [-0.4, -0.2) is 16.1 Å². The summed E-state index contributed by atoms with van der Waals surface area (Å²) in [6.45, 7) is 0. The zero-order chi connectivity index (χ0) is 12.7.